The fraction of sp³-hybridized carbons (Fsp3) is 0.733. The number of nitrogens with two attached hydrogens (primary N) is 1. The number of nitrogens with one attached hydrogen (secondary N) is 2. The fourth-order valence-electron chi connectivity index (χ4n) is 2.85. The second kappa shape index (κ2) is 6.93. The number of rotatable bonds is 5. The lowest BCUT2D eigenvalue weighted by molar-refractivity contribution is 0.0907. The summed E-state index contributed by atoms with van der Waals surface area (Å²) in [6, 6.07) is 0.226. The van der Waals surface area contributed by atoms with E-state index < -0.39 is 0 Å². The molecule has 1 fully saturated rings. The van der Waals surface area contributed by atoms with Gasteiger partial charge < -0.3 is 16.0 Å². The lowest BCUT2D eigenvalue weighted by Gasteiger charge is -2.31. The van der Waals surface area contributed by atoms with E-state index >= 15 is 0 Å². The minimum atomic E-state index is -0.162. The molecule has 1 aromatic rings. The Bertz CT molecular complexity index is 474. The monoisotopic (exact) mass is 293 g/mol. The van der Waals surface area contributed by atoms with Crippen LogP contribution in [0, 0.1) is 0 Å². The first kappa shape index (κ1) is 15.8. The molecule has 4 N–H and O–H groups in total. The van der Waals surface area contributed by atoms with Crippen molar-refractivity contribution in [1.82, 2.24) is 20.4 Å². The van der Waals surface area contributed by atoms with E-state index in [1.807, 2.05) is 13.8 Å². The normalized spacial score (nSPS) is 17.3. The Hall–Kier alpha value is -1.56. The van der Waals surface area contributed by atoms with Gasteiger partial charge in [0.2, 0.25) is 0 Å². The van der Waals surface area contributed by atoms with Crippen LogP contribution in [0.25, 0.3) is 0 Å². The molecule has 6 nitrogen and oxygen atoms in total. The summed E-state index contributed by atoms with van der Waals surface area (Å²) in [4.78, 5) is 14.7. The predicted molar refractivity (Wildman–Crippen MR) is 84.3 cm³/mol. The molecule has 0 saturated carbocycles. The van der Waals surface area contributed by atoms with Crippen LogP contribution in [0.2, 0.25) is 0 Å². The van der Waals surface area contributed by atoms with E-state index in [1.54, 1.807) is 0 Å². The van der Waals surface area contributed by atoms with Gasteiger partial charge in [0, 0.05) is 19.1 Å². The summed E-state index contributed by atoms with van der Waals surface area (Å²) in [5.74, 6) is 0.0703. The number of aromatic nitrogens is 2. The second-order valence-electron chi connectivity index (χ2n) is 6.14. The number of piperidine rings is 1. The van der Waals surface area contributed by atoms with Gasteiger partial charge in [0.1, 0.15) is 0 Å². The highest BCUT2D eigenvalue weighted by molar-refractivity contribution is 5.97. The third-order valence-corrected chi connectivity index (χ3v) is 4.09. The van der Waals surface area contributed by atoms with Gasteiger partial charge in [0.25, 0.3) is 5.91 Å². The van der Waals surface area contributed by atoms with Crippen LogP contribution >= 0.6 is 0 Å². The van der Waals surface area contributed by atoms with Crippen molar-refractivity contribution in [1.29, 1.82) is 0 Å². The van der Waals surface area contributed by atoms with E-state index in [4.69, 9.17) is 5.73 Å². The van der Waals surface area contributed by atoms with E-state index in [9.17, 15) is 4.79 Å². The maximum Gasteiger partial charge on any atom is 0.274 e. The van der Waals surface area contributed by atoms with Gasteiger partial charge in [-0.1, -0.05) is 20.8 Å². The van der Waals surface area contributed by atoms with Crippen molar-refractivity contribution in [2.45, 2.75) is 52.0 Å². The summed E-state index contributed by atoms with van der Waals surface area (Å²) < 4.78 is 0. The van der Waals surface area contributed by atoms with Crippen molar-refractivity contribution < 1.29 is 4.79 Å². The molecule has 0 spiro atoms. The number of hydrogen-bond donors (Lipinski definition) is 3. The fourth-order valence-corrected chi connectivity index (χ4v) is 2.85. The molecule has 0 aliphatic carbocycles. The zero-order valence-electron chi connectivity index (χ0n) is 13.3. The summed E-state index contributed by atoms with van der Waals surface area (Å²) in [7, 11) is 0. The number of amides is 1. The lowest BCUT2D eigenvalue weighted by atomic mass is 10.0. The Balaban J connectivity index is 1.91. The van der Waals surface area contributed by atoms with Crippen LogP contribution in [-0.2, 0) is 0 Å². The van der Waals surface area contributed by atoms with Crippen LogP contribution in [-0.4, -0.2) is 46.7 Å². The van der Waals surface area contributed by atoms with E-state index in [2.05, 4.69) is 27.3 Å². The Morgan fingerprint density at radius 2 is 2.14 bits per heavy atom. The first-order valence-electron chi connectivity index (χ1n) is 7.89. The van der Waals surface area contributed by atoms with Crippen molar-refractivity contribution in [3.05, 3.63) is 11.4 Å². The number of H-pyrrole nitrogens is 1. The smallest absolute Gasteiger partial charge is 0.274 e. The van der Waals surface area contributed by atoms with Crippen LogP contribution in [0.15, 0.2) is 0 Å². The molecule has 2 heterocycles. The molecular weight excluding hydrogens is 266 g/mol. The summed E-state index contributed by atoms with van der Waals surface area (Å²) in [5, 5.41) is 10.0. The lowest BCUT2D eigenvalue weighted by Crippen LogP contribution is -2.45. The number of carbonyl (C=O) groups excluding carboxylic acids is 1. The maximum atomic E-state index is 12.3. The Kier molecular flexibility index (Phi) is 5.22. The maximum absolute atomic E-state index is 12.3. The zero-order valence-corrected chi connectivity index (χ0v) is 13.3. The SMILES string of the molecule is CCCN1CCC(NC(=O)c2n[nH]c(C(C)C)c2N)CC1. The molecule has 1 aliphatic rings. The largest absolute Gasteiger partial charge is 0.395 e. The summed E-state index contributed by atoms with van der Waals surface area (Å²) in [6.07, 6.45) is 3.17. The van der Waals surface area contributed by atoms with E-state index in [1.165, 1.54) is 6.42 Å². The van der Waals surface area contributed by atoms with E-state index in [0.717, 1.165) is 38.2 Å². The minimum absolute atomic E-state index is 0.162. The first-order valence-corrected chi connectivity index (χ1v) is 7.89. The molecule has 0 unspecified atom stereocenters. The number of likely N-dealkylation sites (tertiary alicyclic amines) is 1. The molecular formula is C15H27N5O. The highest BCUT2D eigenvalue weighted by atomic mass is 16.2. The third kappa shape index (κ3) is 3.75. The van der Waals surface area contributed by atoms with E-state index in [0.29, 0.717) is 11.4 Å². The molecule has 6 heteroatoms. The van der Waals surface area contributed by atoms with Crippen molar-refractivity contribution in [2.75, 3.05) is 25.4 Å². The van der Waals surface area contributed by atoms with Crippen molar-refractivity contribution in [3.8, 4) is 0 Å². The number of nitrogen functional groups attached to an aromatic ring is 1. The standard InChI is InChI=1S/C15H27N5O/c1-4-7-20-8-5-11(6-9-20)17-15(21)14-12(16)13(10(2)3)18-19-14/h10-11H,4-9,16H2,1-3H3,(H,17,21)(H,18,19). The van der Waals surface area contributed by atoms with Gasteiger partial charge in [-0.25, -0.2) is 0 Å². The molecule has 0 atom stereocenters. The zero-order chi connectivity index (χ0) is 15.4. The van der Waals surface area contributed by atoms with Crippen molar-refractivity contribution >= 4 is 11.6 Å². The predicted octanol–water partition coefficient (Wildman–Crippen LogP) is 1.72. The number of hydrogen-bond acceptors (Lipinski definition) is 4. The van der Waals surface area contributed by atoms with Crippen LogP contribution in [0.3, 0.4) is 0 Å². The van der Waals surface area contributed by atoms with Crippen LogP contribution < -0.4 is 11.1 Å². The van der Waals surface area contributed by atoms with Crippen LogP contribution in [0.4, 0.5) is 5.69 Å². The second-order valence-corrected chi connectivity index (χ2v) is 6.14. The Morgan fingerprint density at radius 1 is 1.48 bits per heavy atom. The molecule has 1 aliphatic heterocycles. The molecule has 118 valence electrons. The van der Waals surface area contributed by atoms with Gasteiger partial charge in [0.05, 0.1) is 11.4 Å². The molecule has 2 rings (SSSR count). The number of nitrogens with zero attached hydrogens (tertiary/aromatic N) is 2. The Labute approximate surface area is 126 Å². The minimum Gasteiger partial charge on any atom is -0.395 e. The molecule has 0 radical (unpaired) electrons. The Morgan fingerprint density at radius 3 is 2.67 bits per heavy atom. The first-order chi connectivity index (χ1) is 10.0. The molecule has 0 aromatic carbocycles. The molecule has 1 saturated heterocycles. The molecule has 1 aromatic heterocycles. The number of aromatic amines is 1. The summed E-state index contributed by atoms with van der Waals surface area (Å²) >= 11 is 0. The molecule has 1 amide bonds. The van der Waals surface area contributed by atoms with Crippen molar-refractivity contribution in [3.63, 3.8) is 0 Å². The number of anilines is 1. The molecule has 0 bridgehead atoms. The summed E-state index contributed by atoms with van der Waals surface area (Å²) in [5.41, 5.74) is 7.65. The highest BCUT2D eigenvalue weighted by Gasteiger charge is 2.24. The van der Waals surface area contributed by atoms with Gasteiger partial charge in [0.15, 0.2) is 5.69 Å². The van der Waals surface area contributed by atoms with Crippen LogP contribution in [0.5, 0.6) is 0 Å². The topological polar surface area (TPSA) is 87.0 Å². The summed E-state index contributed by atoms with van der Waals surface area (Å²) in [6.45, 7) is 9.48. The van der Waals surface area contributed by atoms with Gasteiger partial charge in [-0.15, -0.1) is 0 Å². The van der Waals surface area contributed by atoms with Crippen molar-refractivity contribution in [2.24, 2.45) is 0 Å². The van der Waals surface area contributed by atoms with Crippen LogP contribution in [0.1, 0.15) is 62.1 Å². The molecule has 21 heavy (non-hydrogen) atoms. The van der Waals surface area contributed by atoms with E-state index in [-0.39, 0.29) is 17.9 Å². The highest BCUT2D eigenvalue weighted by Crippen LogP contribution is 2.22. The quantitative estimate of drug-likeness (QED) is 0.771. The van der Waals surface area contributed by atoms with Gasteiger partial charge in [-0.3, -0.25) is 9.89 Å². The van der Waals surface area contributed by atoms with Gasteiger partial charge in [-0.2, -0.15) is 5.10 Å². The third-order valence-electron chi connectivity index (χ3n) is 4.09. The number of carbonyl (C=O) groups is 1. The average molecular weight is 293 g/mol. The van der Waals surface area contributed by atoms with Gasteiger partial charge >= 0.3 is 0 Å². The van der Waals surface area contributed by atoms with Gasteiger partial charge in [-0.05, 0) is 31.7 Å². The average Bonchev–Trinajstić information content (AvgIpc) is 2.83.